The summed E-state index contributed by atoms with van der Waals surface area (Å²) in [7, 11) is -2.67. The van der Waals surface area contributed by atoms with E-state index in [0.717, 1.165) is 17.4 Å². The molecule has 0 bridgehead atoms. The molecule has 0 radical (unpaired) electrons. The van der Waals surface area contributed by atoms with Gasteiger partial charge in [0.1, 0.15) is 15.6 Å². The van der Waals surface area contributed by atoms with Crippen LogP contribution in [0, 0.1) is 0 Å². The Morgan fingerprint density at radius 3 is 1.00 bits per heavy atom. The van der Waals surface area contributed by atoms with Gasteiger partial charge in [-0.2, -0.15) is 0 Å². The van der Waals surface area contributed by atoms with E-state index in [1.54, 1.807) is 0 Å². The van der Waals surface area contributed by atoms with E-state index >= 15 is 0 Å². The van der Waals surface area contributed by atoms with Gasteiger partial charge >= 0.3 is 0 Å². The van der Waals surface area contributed by atoms with Crippen LogP contribution in [0.1, 0.15) is 48.0 Å². The molecule has 5 heteroatoms. The fourth-order valence-electron chi connectivity index (χ4n) is 0. The molecule has 3 nitrogen and oxygen atoms in total. The average molecular weight is 270 g/mol. The first-order valence-corrected chi connectivity index (χ1v) is 7.68. The Labute approximate surface area is 107 Å². The zero-order chi connectivity index (χ0) is 14.4. The van der Waals surface area contributed by atoms with E-state index in [4.69, 9.17) is 0 Å². The van der Waals surface area contributed by atoms with Crippen LogP contribution in [0.4, 0.5) is 0 Å². The smallest absolute Gasteiger partial charge is 0.144 e. The molecule has 0 saturated heterocycles. The summed E-state index contributed by atoms with van der Waals surface area (Å²) in [5, 5.41) is 0. The molecule has 0 atom stereocenters. The summed E-state index contributed by atoms with van der Waals surface area (Å²) in [5.41, 5.74) is 0. The second kappa shape index (κ2) is 17.1. The molecule has 0 N–H and O–H groups in total. The van der Waals surface area contributed by atoms with Gasteiger partial charge in [-0.3, -0.25) is 0 Å². The van der Waals surface area contributed by atoms with Gasteiger partial charge in [0.05, 0.1) is 0 Å². The fourth-order valence-corrected chi connectivity index (χ4v) is 0. The Morgan fingerprint density at radius 2 is 1.00 bits per heavy atom. The molecular weight excluding hydrogens is 244 g/mol. The summed E-state index contributed by atoms with van der Waals surface area (Å²) in [6.45, 7) is 11.1. The molecule has 100 valence electrons. The van der Waals surface area contributed by atoms with Gasteiger partial charge in [0.15, 0.2) is 0 Å². The van der Waals surface area contributed by atoms with Gasteiger partial charge in [-0.25, -0.2) is 8.42 Å². The number of rotatable bonds is 0. The van der Waals surface area contributed by atoms with Gasteiger partial charge in [-0.15, -0.1) is 0 Å². The van der Waals surface area contributed by atoms with Crippen LogP contribution in [0.15, 0.2) is 0 Å². The van der Waals surface area contributed by atoms with Gasteiger partial charge in [0.25, 0.3) is 0 Å². The minimum atomic E-state index is -2.67. The van der Waals surface area contributed by atoms with Crippen molar-refractivity contribution < 1.29 is 13.2 Å². The van der Waals surface area contributed by atoms with Crippen LogP contribution in [-0.2, 0) is 14.6 Å². The highest BCUT2D eigenvalue weighted by atomic mass is 32.2. The SMILES string of the molecule is CC(C)=O.CC(C)=S.CCC.CS(C)(=O)=O. The summed E-state index contributed by atoms with van der Waals surface area (Å²) >= 11 is 4.54. The predicted molar refractivity (Wildman–Crippen MR) is 77.0 cm³/mol. The molecule has 0 aliphatic rings. The molecule has 0 aliphatic heterocycles. The monoisotopic (exact) mass is 270 g/mol. The van der Waals surface area contributed by atoms with Crippen molar-refractivity contribution in [2.24, 2.45) is 0 Å². The van der Waals surface area contributed by atoms with Crippen LogP contribution in [0.5, 0.6) is 0 Å². The lowest BCUT2D eigenvalue weighted by atomic mass is 10.6. The van der Waals surface area contributed by atoms with E-state index in [0.29, 0.717) is 0 Å². The third-order valence-corrected chi connectivity index (χ3v) is 0. The topological polar surface area (TPSA) is 51.2 Å². The second-order valence-corrected chi connectivity index (χ2v) is 6.77. The summed E-state index contributed by atoms with van der Waals surface area (Å²) in [6.07, 6.45) is 3.57. The quantitative estimate of drug-likeness (QED) is 0.635. The summed E-state index contributed by atoms with van der Waals surface area (Å²) < 4.78 is 19.3. The number of hydrogen-bond acceptors (Lipinski definition) is 4. The number of sulfone groups is 1. The first-order valence-electron chi connectivity index (χ1n) is 4.97. The van der Waals surface area contributed by atoms with E-state index in [1.165, 1.54) is 20.3 Å². The maximum absolute atomic E-state index is 9.63. The molecule has 0 fully saturated rings. The maximum atomic E-state index is 9.63. The van der Waals surface area contributed by atoms with Crippen LogP contribution in [0.25, 0.3) is 0 Å². The van der Waals surface area contributed by atoms with E-state index in [9.17, 15) is 13.2 Å². The minimum absolute atomic E-state index is 0.167. The van der Waals surface area contributed by atoms with E-state index in [2.05, 4.69) is 26.1 Å². The number of hydrogen-bond donors (Lipinski definition) is 0. The van der Waals surface area contributed by atoms with Crippen molar-refractivity contribution in [1.82, 2.24) is 0 Å². The van der Waals surface area contributed by atoms with Crippen LogP contribution in [0.3, 0.4) is 0 Å². The maximum Gasteiger partial charge on any atom is 0.144 e. The van der Waals surface area contributed by atoms with Crippen molar-refractivity contribution in [3.63, 3.8) is 0 Å². The molecule has 0 aromatic rings. The van der Waals surface area contributed by atoms with E-state index < -0.39 is 9.84 Å². The van der Waals surface area contributed by atoms with Crippen LogP contribution >= 0.6 is 12.2 Å². The molecule has 0 spiro atoms. The number of carbonyl (C=O) groups excluding carboxylic acids is 1. The third-order valence-electron chi connectivity index (χ3n) is 0. The molecular formula is C11H26O3S2. The first kappa shape index (κ1) is 24.8. The lowest BCUT2D eigenvalue weighted by Crippen LogP contribution is -1.86. The molecule has 0 aliphatic carbocycles. The molecule has 16 heavy (non-hydrogen) atoms. The molecule has 0 aromatic carbocycles. The Bertz CT molecular complexity index is 226. The van der Waals surface area contributed by atoms with Crippen LogP contribution < -0.4 is 0 Å². The zero-order valence-electron chi connectivity index (χ0n) is 11.7. The summed E-state index contributed by atoms with van der Waals surface area (Å²) in [4.78, 5) is 10.4. The largest absolute Gasteiger partial charge is 0.300 e. The van der Waals surface area contributed by atoms with Gasteiger partial charge in [-0.05, 0) is 32.6 Å². The normalized spacial score (nSPS) is 8.00. The number of thiocarbonyl (C=S) groups is 1. The van der Waals surface area contributed by atoms with Crippen molar-refractivity contribution in [1.29, 1.82) is 0 Å². The first-order chi connectivity index (χ1) is 6.88. The Balaban J connectivity index is -0.0000000610. The third kappa shape index (κ3) is 26300. The number of carbonyl (C=O) groups is 1. The predicted octanol–water partition coefficient (Wildman–Crippen LogP) is 3.07. The fraction of sp³-hybridized carbons (Fsp3) is 0.818. The van der Waals surface area contributed by atoms with Crippen molar-refractivity contribution in [3.05, 3.63) is 0 Å². The zero-order valence-corrected chi connectivity index (χ0v) is 13.4. The van der Waals surface area contributed by atoms with Gasteiger partial charge in [-0.1, -0.05) is 32.5 Å². The van der Waals surface area contributed by atoms with E-state index in [1.807, 2.05) is 13.8 Å². The summed E-state index contributed by atoms with van der Waals surface area (Å²) in [6, 6.07) is 0. The highest BCUT2D eigenvalue weighted by Crippen LogP contribution is 1.62. The van der Waals surface area contributed by atoms with Crippen molar-refractivity contribution in [2.45, 2.75) is 48.0 Å². The molecule has 0 saturated carbocycles. The highest BCUT2D eigenvalue weighted by Gasteiger charge is 1.79. The Kier molecular flexibility index (Phi) is 26.5. The molecule has 0 unspecified atom stereocenters. The van der Waals surface area contributed by atoms with Crippen molar-refractivity contribution in [3.8, 4) is 0 Å². The average Bonchev–Trinajstić information content (AvgIpc) is 1.78. The van der Waals surface area contributed by atoms with E-state index in [-0.39, 0.29) is 5.78 Å². The highest BCUT2D eigenvalue weighted by molar-refractivity contribution is 7.89. The van der Waals surface area contributed by atoms with Crippen LogP contribution in [-0.4, -0.2) is 31.6 Å². The molecule has 0 heterocycles. The van der Waals surface area contributed by atoms with Crippen molar-refractivity contribution >= 4 is 32.7 Å². The lowest BCUT2D eigenvalue weighted by molar-refractivity contribution is -0.114. The number of ketones is 1. The molecule has 0 amide bonds. The molecule has 0 aromatic heterocycles. The minimum Gasteiger partial charge on any atom is -0.300 e. The van der Waals surface area contributed by atoms with Crippen LogP contribution in [0.2, 0.25) is 0 Å². The number of Topliss-reactive ketones (excluding diaryl/α,β-unsaturated/α-hetero) is 1. The summed E-state index contributed by atoms with van der Waals surface area (Å²) in [5.74, 6) is 0.167. The molecule has 0 rings (SSSR count). The lowest BCUT2D eigenvalue weighted by Gasteiger charge is -1.69. The van der Waals surface area contributed by atoms with Gasteiger partial charge in [0, 0.05) is 12.5 Å². The van der Waals surface area contributed by atoms with Gasteiger partial charge < -0.3 is 4.79 Å². The van der Waals surface area contributed by atoms with Crippen molar-refractivity contribution in [2.75, 3.05) is 12.5 Å². The van der Waals surface area contributed by atoms with Gasteiger partial charge in [0.2, 0.25) is 0 Å². The Morgan fingerprint density at radius 1 is 1.00 bits per heavy atom. The second-order valence-electron chi connectivity index (χ2n) is 3.67. The standard InChI is InChI=1S/C3H6O.C3H6S.C3H8.C2H6O2S/c2*1-3(2)4;1-3-2;1-5(2,3)4/h2*1-2H3;3H2,1-2H3;1-2H3. The Hall–Kier alpha value is -0.290.